The van der Waals surface area contributed by atoms with Gasteiger partial charge in [0, 0.05) is 10.3 Å². The molecule has 0 aliphatic carbocycles. The Hall–Kier alpha value is -1.45. The van der Waals surface area contributed by atoms with Gasteiger partial charge in [0.15, 0.2) is 5.17 Å². The maximum atomic E-state index is 6.01. The minimum absolute atomic E-state index is 0.110. The zero-order chi connectivity index (χ0) is 13.9. The number of aliphatic imine (C=N–C) groups is 1. The Kier molecular flexibility index (Phi) is 3.99. The third-order valence-electron chi connectivity index (χ3n) is 3.41. The zero-order valence-corrected chi connectivity index (χ0v) is 12.4. The number of rotatable bonds is 2. The second-order valence-corrected chi connectivity index (χ2v) is 6.45. The molecule has 2 nitrogen and oxygen atoms in total. The Morgan fingerprint density at radius 1 is 1.00 bits per heavy atom. The standard InChI is InChI=1S/C16H15ClN2S/c17-13-8-6-11(7-9-13)14-10-15(20-16(18)19-14)12-4-2-1-3-5-12/h1-9,14-15H,10H2,(H2,18,19)/t14-,15+/m0/s1. The van der Waals surface area contributed by atoms with Crippen molar-refractivity contribution < 1.29 is 0 Å². The van der Waals surface area contributed by atoms with Crippen LogP contribution in [0.2, 0.25) is 5.02 Å². The minimum atomic E-state index is 0.110. The first kappa shape index (κ1) is 13.5. The lowest BCUT2D eigenvalue weighted by Crippen LogP contribution is -2.18. The number of hydrogen-bond acceptors (Lipinski definition) is 3. The largest absolute Gasteiger partial charge is 0.379 e. The minimum Gasteiger partial charge on any atom is -0.379 e. The van der Waals surface area contributed by atoms with E-state index in [1.165, 1.54) is 11.1 Å². The van der Waals surface area contributed by atoms with Crippen LogP contribution in [0.15, 0.2) is 59.6 Å². The van der Waals surface area contributed by atoms with Gasteiger partial charge < -0.3 is 5.73 Å². The molecule has 2 aromatic carbocycles. The number of benzene rings is 2. The van der Waals surface area contributed by atoms with Crippen LogP contribution < -0.4 is 5.73 Å². The molecule has 2 atom stereocenters. The highest BCUT2D eigenvalue weighted by Crippen LogP contribution is 2.42. The van der Waals surface area contributed by atoms with Crippen molar-refractivity contribution in [3.05, 3.63) is 70.7 Å². The summed E-state index contributed by atoms with van der Waals surface area (Å²) in [5, 5.41) is 1.76. The van der Waals surface area contributed by atoms with E-state index >= 15 is 0 Å². The van der Waals surface area contributed by atoms with Gasteiger partial charge >= 0.3 is 0 Å². The average molecular weight is 303 g/mol. The quantitative estimate of drug-likeness (QED) is 0.882. The van der Waals surface area contributed by atoms with E-state index in [2.05, 4.69) is 29.3 Å². The van der Waals surface area contributed by atoms with Crippen LogP contribution in [-0.2, 0) is 0 Å². The van der Waals surface area contributed by atoms with Gasteiger partial charge in [0.1, 0.15) is 0 Å². The molecule has 20 heavy (non-hydrogen) atoms. The number of nitrogens with zero attached hydrogens (tertiary/aromatic N) is 1. The highest BCUT2D eigenvalue weighted by Gasteiger charge is 2.25. The summed E-state index contributed by atoms with van der Waals surface area (Å²) in [6.07, 6.45) is 0.955. The van der Waals surface area contributed by atoms with Crippen LogP contribution in [0.3, 0.4) is 0 Å². The smallest absolute Gasteiger partial charge is 0.155 e. The van der Waals surface area contributed by atoms with E-state index in [1.807, 2.05) is 30.3 Å². The number of halogens is 1. The molecule has 0 fully saturated rings. The van der Waals surface area contributed by atoms with E-state index in [9.17, 15) is 0 Å². The predicted molar refractivity (Wildman–Crippen MR) is 87.2 cm³/mol. The molecule has 0 aromatic heterocycles. The van der Waals surface area contributed by atoms with Crippen molar-refractivity contribution in [3.8, 4) is 0 Å². The number of amidine groups is 1. The Labute approximate surface area is 128 Å². The lowest BCUT2D eigenvalue weighted by Gasteiger charge is -2.26. The third-order valence-corrected chi connectivity index (χ3v) is 4.76. The topological polar surface area (TPSA) is 38.4 Å². The molecule has 0 bridgehead atoms. The summed E-state index contributed by atoms with van der Waals surface area (Å²) < 4.78 is 0. The van der Waals surface area contributed by atoms with Crippen LogP contribution in [0.5, 0.6) is 0 Å². The van der Waals surface area contributed by atoms with Gasteiger partial charge in [-0.15, -0.1) is 0 Å². The van der Waals surface area contributed by atoms with E-state index in [4.69, 9.17) is 17.3 Å². The maximum absolute atomic E-state index is 6.01. The van der Waals surface area contributed by atoms with Crippen molar-refractivity contribution in [3.63, 3.8) is 0 Å². The van der Waals surface area contributed by atoms with E-state index < -0.39 is 0 Å². The van der Waals surface area contributed by atoms with Gasteiger partial charge in [-0.3, -0.25) is 4.99 Å². The van der Waals surface area contributed by atoms with Gasteiger partial charge in [0.05, 0.1) is 6.04 Å². The Bertz CT molecular complexity index is 610. The molecular weight excluding hydrogens is 288 g/mol. The Morgan fingerprint density at radius 2 is 1.70 bits per heavy atom. The summed E-state index contributed by atoms with van der Waals surface area (Å²) in [5.41, 5.74) is 8.47. The molecule has 102 valence electrons. The van der Waals surface area contributed by atoms with Crippen molar-refractivity contribution in [2.45, 2.75) is 17.7 Å². The van der Waals surface area contributed by atoms with Crippen LogP contribution in [-0.4, -0.2) is 5.17 Å². The molecule has 0 saturated carbocycles. The molecule has 1 aliphatic rings. The lowest BCUT2D eigenvalue weighted by molar-refractivity contribution is 0.639. The first-order valence-corrected chi connectivity index (χ1v) is 7.78. The third kappa shape index (κ3) is 3.00. The van der Waals surface area contributed by atoms with E-state index in [0.29, 0.717) is 10.4 Å². The summed E-state index contributed by atoms with van der Waals surface area (Å²) in [6, 6.07) is 18.4. The summed E-state index contributed by atoms with van der Waals surface area (Å²) in [6.45, 7) is 0. The Balaban J connectivity index is 1.86. The predicted octanol–water partition coefficient (Wildman–Crippen LogP) is 4.57. The van der Waals surface area contributed by atoms with Gasteiger partial charge in [-0.05, 0) is 29.7 Å². The van der Waals surface area contributed by atoms with Crippen LogP contribution in [0.4, 0.5) is 0 Å². The fourth-order valence-electron chi connectivity index (χ4n) is 2.40. The van der Waals surface area contributed by atoms with Crippen LogP contribution >= 0.6 is 23.4 Å². The highest BCUT2D eigenvalue weighted by molar-refractivity contribution is 8.14. The summed E-state index contributed by atoms with van der Waals surface area (Å²) >= 11 is 7.58. The van der Waals surface area contributed by atoms with Crippen LogP contribution in [0, 0.1) is 0 Å². The molecule has 1 heterocycles. The van der Waals surface area contributed by atoms with E-state index in [0.717, 1.165) is 11.4 Å². The van der Waals surface area contributed by atoms with Crippen molar-refractivity contribution in [1.29, 1.82) is 0 Å². The molecule has 0 spiro atoms. The fraction of sp³-hybridized carbons (Fsp3) is 0.188. The SMILES string of the molecule is NC1=N[C@H](c2ccc(Cl)cc2)C[C@H](c2ccccc2)S1. The number of hydrogen-bond donors (Lipinski definition) is 1. The first-order valence-electron chi connectivity index (χ1n) is 6.53. The van der Waals surface area contributed by atoms with Gasteiger partial charge in [-0.25, -0.2) is 0 Å². The van der Waals surface area contributed by atoms with Crippen LogP contribution in [0.25, 0.3) is 0 Å². The molecule has 0 unspecified atom stereocenters. The lowest BCUT2D eigenvalue weighted by atomic mass is 9.99. The number of thioether (sulfide) groups is 1. The van der Waals surface area contributed by atoms with Crippen molar-refractivity contribution >= 4 is 28.5 Å². The second kappa shape index (κ2) is 5.90. The van der Waals surface area contributed by atoms with Crippen molar-refractivity contribution in [1.82, 2.24) is 0 Å². The molecular formula is C16H15ClN2S. The molecule has 3 rings (SSSR count). The molecule has 0 radical (unpaired) electrons. The fourth-order valence-corrected chi connectivity index (χ4v) is 3.58. The normalized spacial score (nSPS) is 22.4. The number of nitrogens with two attached hydrogens (primary N) is 1. The van der Waals surface area contributed by atoms with Gasteiger partial charge in [-0.1, -0.05) is 65.8 Å². The second-order valence-electron chi connectivity index (χ2n) is 4.79. The average Bonchev–Trinajstić information content (AvgIpc) is 2.48. The molecule has 4 heteroatoms. The van der Waals surface area contributed by atoms with Crippen molar-refractivity contribution in [2.75, 3.05) is 0 Å². The summed E-state index contributed by atoms with van der Waals surface area (Å²) in [7, 11) is 0. The summed E-state index contributed by atoms with van der Waals surface area (Å²) in [5.74, 6) is 0. The molecule has 0 saturated heterocycles. The van der Waals surface area contributed by atoms with Gasteiger partial charge in [-0.2, -0.15) is 0 Å². The monoisotopic (exact) mass is 302 g/mol. The van der Waals surface area contributed by atoms with Gasteiger partial charge in [0.2, 0.25) is 0 Å². The molecule has 2 N–H and O–H groups in total. The van der Waals surface area contributed by atoms with Crippen LogP contribution in [0.1, 0.15) is 28.8 Å². The molecule has 1 aliphatic heterocycles. The van der Waals surface area contributed by atoms with E-state index in [1.54, 1.807) is 11.8 Å². The molecule has 0 amide bonds. The first-order chi connectivity index (χ1) is 9.72. The zero-order valence-electron chi connectivity index (χ0n) is 10.9. The van der Waals surface area contributed by atoms with E-state index in [-0.39, 0.29) is 6.04 Å². The molecule has 2 aromatic rings. The maximum Gasteiger partial charge on any atom is 0.155 e. The Morgan fingerprint density at radius 3 is 2.40 bits per heavy atom. The highest BCUT2D eigenvalue weighted by atomic mass is 35.5. The van der Waals surface area contributed by atoms with Crippen molar-refractivity contribution in [2.24, 2.45) is 10.7 Å². The summed E-state index contributed by atoms with van der Waals surface area (Å²) in [4.78, 5) is 4.57. The van der Waals surface area contributed by atoms with Gasteiger partial charge in [0.25, 0.3) is 0 Å².